The fourth-order valence-corrected chi connectivity index (χ4v) is 4.29. The first-order valence-electron chi connectivity index (χ1n) is 10.9. The minimum atomic E-state index is -1.16. The predicted octanol–water partition coefficient (Wildman–Crippen LogP) is 4.19. The van der Waals surface area contributed by atoms with E-state index < -0.39 is 17.5 Å². The fraction of sp³-hybridized carbons (Fsp3) is 0.240. The van der Waals surface area contributed by atoms with Crippen LogP contribution in [0.2, 0.25) is 0 Å². The van der Waals surface area contributed by atoms with Crippen LogP contribution in [0.25, 0.3) is 33.7 Å². The maximum absolute atomic E-state index is 12.3. The van der Waals surface area contributed by atoms with Gasteiger partial charge in [-0.1, -0.05) is 35.0 Å². The summed E-state index contributed by atoms with van der Waals surface area (Å²) in [5, 5.41) is 10.2. The van der Waals surface area contributed by atoms with Gasteiger partial charge >= 0.3 is 6.03 Å². The van der Waals surface area contributed by atoms with Crippen LogP contribution in [0.3, 0.4) is 0 Å². The third kappa shape index (κ3) is 3.26. The number of urea groups is 1. The Bertz CT molecular complexity index is 1460. The molecule has 2 N–H and O–H groups in total. The second-order valence-corrected chi connectivity index (χ2v) is 8.93. The number of imide groups is 1. The maximum Gasteiger partial charge on any atom is 0.322 e. The molecule has 2 aromatic heterocycles. The Labute approximate surface area is 189 Å². The van der Waals surface area contributed by atoms with E-state index in [1.54, 1.807) is 25.1 Å². The lowest BCUT2D eigenvalue weighted by Crippen LogP contribution is -2.40. The van der Waals surface area contributed by atoms with Gasteiger partial charge in [0.25, 0.3) is 11.8 Å². The van der Waals surface area contributed by atoms with E-state index >= 15 is 0 Å². The molecule has 1 aliphatic carbocycles. The molecular formula is C25H21N5O3. The average molecular weight is 439 g/mol. The molecule has 8 nitrogen and oxygen atoms in total. The molecule has 0 bridgehead atoms. The number of hydrogen-bond acceptors (Lipinski definition) is 6. The lowest BCUT2D eigenvalue weighted by atomic mass is 9.91. The van der Waals surface area contributed by atoms with Crippen molar-refractivity contribution in [3.05, 3.63) is 65.4 Å². The zero-order valence-corrected chi connectivity index (χ0v) is 18.2. The predicted molar refractivity (Wildman–Crippen MR) is 121 cm³/mol. The summed E-state index contributed by atoms with van der Waals surface area (Å²) >= 11 is 0. The van der Waals surface area contributed by atoms with Gasteiger partial charge in [-0.25, -0.2) is 4.79 Å². The lowest BCUT2D eigenvalue weighted by Gasteiger charge is -2.21. The third-order valence-electron chi connectivity index (χ3n) is 6.38. The number of rotatable bonds is 4. The smallest absolute Gasteiger partial charge is 0.322 e. The highest BCUT2D eigenvalue weighted by atomic mass is 16.5. The number of nitrogens with zero attached hydrogens (tertiary/aromatic N) is 3. The molecule has 1 aliphatic heterocycles. The normalized spacial score (nSPS) is 20.2. The summed E-state index contributed by atoms with van der Waals surface area (Å²) in [4.78, 5) is 33.5. The Kier molecular flexibility index (Phi) is 4.14. The second-order valence-electron chi connectivity index (χ2n) is 8.93. The molecular weight excluding hydrogens is 418 g/mol. The van der Waals surface area contributed by atoms with Crippen molar-refractivity contribution in [2.75, 3.05) is 0 Å². The van der Waals surface area contributed by atoms with Crippen LogP contribution >= 0.6 is 0 Å². The summed E-state index contributed by atoms with van der Waals surface area (Å²) in [6.07, 6.45) is 2.29. The Morgan fingerprint density at radius 1 is 1.06 bits per heavy atom. The van der Waals surface area contributed by atoms with Crippen LogP contribution in [0.1, 0.15) is 42.5 Å². The monoisotopic (exact) mass is 439 g/mol. The molecule has 0 radical (unpaired) electrons. The van der Waals surface area contributed by atoms with E-state index in [-0.39, 0.29) is 0 Å². The van der Waals surface area contributed by atoms with E-state index in [0.717, 1.165) is 40.6 Å². The summed E-state index contributed by atoms with van der Waals surface area (Å²) < 4.78 is 5.70. The van der Waals surface area contributed by atoms with Gasteiger partial charge in [0.05, 0.1) is 11.1 Å². The van der Waals surface area contributed by atoms with Gasteiger partial charge in [-0.2, -0.15) is 4.98 Å². The number of carbonyl (C=O) groups excluding carboxylic acids is 2. The molecule has 1 saturated carbocycles. The molecule has 1 saturated heterocycles. The Hall–Kier alpha value is -4.07. The van der Waals surface area contributed by atoms with Gasteiger partial charge < -0.3 is 9.84 Å². The number of carbonyl (C=O) groups is 2. The maximum atomic E-state index is 12.3. The summed E-state index contributed by atoms with van der Waals surface area (Å²) in [7, 11) is 0. The number of nitrogens with one attached hydrogen (secondary N) is 2. The van der Waals surface area contributed by atoms with Crippen LogP contribution < -0.4 is 10.6 Å². The molecule has 1 atom stereocenters. The largest absolute Gasteiger partial charge is 0.334 e. The summed E-state index contributed by atoms with van der Waals surface area (Å²) in [6, 6.07) is 15.0. The molecule has 3 amide bonds. The van der Waals surface area contributed by atoms with E-state index in [4.69, 9.17) is 9.51 Å². The highest BCUT2D eigenvalue weighted by molar-refractivity contribution is 6.07. The van der Waals surface area contributed by atoms with Crippen molar-refractivity contribution in [2.45, 2.75) is 38.1 Å². The van der Waals surface area contributed by atoms with E-state index in [2.05, 4.69) is 39.0 Å². The number of amides is 3. The Balaban J connectivity index is 1.42. The van der Waals surface area contributed by atoms with Crippen molar-refractivity contribution in [1.82, 2.24) is 25.8 Å². The van der Waals surface area contributed by atoms with Crippen LogP contribution in [-0.2, 0) is 10.3 Å². The average Bonchev–Trinajstić information content (AvgIpc) is 3.47. The fourth-order valence-electron chi connectivity index (χ4n) is 4.29. The van der Waals surface area contributed by atoms with E-state index in [1.165, 1.54) is 0 Å². The quantitative estimate of drug-likeness (QED) is 0.461. The van der Waals surface area contributed by atoms with Crippen LogP contribution in [0.5, 0.6) is 0 Å². The molecule has 1 unspecified atom stereocenters. The molecule has 3 heterocycles. The number of aromatic nitrogens is 3. The van der Waals surface area contributed by atoms with Gasteiger partial charge in [-0.3, -0.25) is 15.1 Å². The Morgan fingerprint density at radius 2 is 1.91 bits per heavy atom. The second kappa shape index (κ2) is 6.96. The minimum Gasteiger partial charge on any atom is -0.334 e. The topological polar surface area (TPSA) is 110 Å². The summed E-state index contributed by atoms with van der Waals surface area (Å²) in [5.74, 6) is 0.922. The van der Waals surface area contributed by atoms with Gasteiger partial charge in [-0.15, -0.1) is 0 Å². The van der Waals surface area contributed by atoms with Gasteiger partial charge in [0.15, 0.2) is 0 Å². The van der Waals surface area contributed by atoms with Crippen molar-refractivity contribution < 1.29 is 14.1 Å². The van der Waals surface area contributed by atoms with E-state index in [0.29, 0.717) is 28.8 Å². The first kappa shape index (κ1) is 19.6. The standard InChI is InChI=1S/C25H21N5O3/c1-13-6-9-19-17(10-13)18(12-20(26-19)14-7-8-14)22-27-21(30-33-22)15-4-3-5-16(11-15)25(2)23(31)28-24(32)29-25/h3-6,9-12,14H,7-8H2,1-2H3,(H2,28,29,31,32). The van der Waals surface area contributed by atoms with Gasteiger partial charge in [0, 0.05) is 22.6 Å². The summed E-state index contributed by atoms with van der Waals surface area (Å²) in [6.45, 7) is 3.71. The van der Waals surface area contributed by atoms with Crippen molar-refractivity contribution in [3.8, 4) is 22.8 Å². The molecule has 164 valence electrons. The van der Waals surface area contributed by atoms with Crippen molar-refractivity contribution in [1.29, 1.82) is 0 Å². The first-order valence-corrected chi connectivity index (χ1v) is 10.9. The third-order valence-corrected chi connectivity index (χ3v) is 6.38. The SMILES string of the molecule is Cc1ccc2nc(C3CC3)cc(-c3nc(-c4cccc(C5(C)NC(=O)NC5=O)c4)no3)c2c1. The number of fused-ring (bicyclic) bond motifs is 1. The molecule has 33 heavy (non-hydrogen) atoms. The molecule has 2 fully saturated rings. The van der Waals surface area contributed by atoms with Crippen molar-refractivity contribution >= 4 is 22.8 Å². The molecule has 0 spiro atoms. The van der Waals surface area contributed by atoms with Crippen LogP contribution in [0.15, 0.2) is 53.1 Å². The molecule has 8 heteroatoms. The van der Waals surface area contributed by atoms with E-state index in [1.807, 2.05) is 19.1 Å². The van der Waals surface area contributed by atoms with Crippen LogP contribution in [0.4, 0.5) is 4.79 Å². The highest BCUT2D eigenvalue weighted by Gasteiger charge is 2.43. The van der Waals surface area contributed by atoms with Crippen molar-refractivity contribution in [2.24, 2.45) is 0 Å². The van der Waals surface area contributed by atoms with Crippen LogP contribution in [0, 0.1) is 6.92 Å². The number of pyridine rings is 1. The molecule has 2 aliphatic rings. The van der Waals surface area contributed by atoms with E-state index in [9.17, 15) is 9.59 Å². The Morgan fingerprint density at radius 3 is 2.67 bits per heavy atom. The van der Waals surface area contributed by atoms with Crippen molar-refractivity contribution in [3.63, 3.8) is 0 Å². The summed E-state index contributed by atoms with van der Waals surface area (Å²) in [5.41, 5.74) is 4.14. The highest BCUT2D eigenvalue weighted by Crippen LogP contribution is 2.42. The molecule has 4 aromatic rings. The minimum absolute atomic E-state index is 0.398. The molecule has 6 rings (SSSR count). The number of hydrogen-bond donors (Lipinski definition) is 2. The van der Waals surface area contributed by atoms with Gasteiger partial charge in [0.1, 0.15) is 5.54 Å². The lowest BCUT2D eigenvalue weighted by molar-refractivity contribution is -0.123. The number of benzene rings is 2. The number of aryl methyl sites for hydroxylation is 1. The zero-order chi connectivity index (χ0) is 22.7. The first-order chi connectivity index (χ1) is 15.9. The van der Waals surface area contributed by atoms with Crippen LogP contribution in [-0.4, -0.2) is 27.1 Å². The zero-order valence-electron chi connectivity index (χ0n) is 18.2. The molecule has 2 aromatic carbocycles. The van der Waals surface area contributed by atoms with Gasteiger partial charge in [-0.05, 0) is 56.5 Å². The van der Waals surface area contributed by atoms with Gasteiger partial charge in [0.2, 0.25) is 5.82 Å².